The third kappa shape index (κ3) is 4.36. The first-order chi connectivity index (χ1) is 19.2. The van der Waals surface area contributed by atoms with Gasteiger partial charge in [0.15, 0.2) is 17.3 Å². The Balaban J connectivity index is 1.25. The van der Waals surface area contributed by atoms with E-state index < -0.39 is 0 Å². The second kappa shape index (κ2) is 9.88. The molecule has 1 saturated carbocycles. The van der Waals surface area contributed by atoms with Gasteiger partial charge in [0.2, 0.25) is 6.79 Å². The van der Waals surface area contributed by atoms with Crippen LogP contribution in [0.3, 0.4) is 0 Å². The van der Waals surface area contributed by atoms with Gasteiger partial charge in [0, 0.05) is 48.9 Å². The number of aromatic nitrogens is 5. The molecule has 1 atom stereocenters. The average Bonchev–Trinajstić information content (AvgIpc) is 3.75. The largest absolute Gasteiger partial charge is 0.497 e. The zero-order valence-electron chi connectivity index (χ0n) is 21.9. The number of benzene rings is 2. The lowest BCUT2D eigenvalue weighted by molar-refractivity contribution is 0.174. The van der Waals surface area contributed by atoms with Gasteiger partial charge in [-0.3, -0.25) is 9.69 Å². The van der Waals surface area contributed by atoms with E-state index in [1.54, 1.807) is 7.11 Å². The number of aromatic amines is 1. The molecule has 2 fully saturated rings. The number of piperazine rings is 1. The third-order valence-electron chi connectivity index (χ3n) is 8.21. The van der Waals surface area contributed by atoms with Crippen molar-refractivity contribution in [2.24, 2.45) is 0 Å². The lowest BCUT2D eigenvalue weighted by atomic mass is 10.0. The molecule has 0 bridgehead atoms. The van der Waals surface area contributed by atoms with E-state index in [-0.39, 0.29) is 24.4 Å². The van der Waals surface area contributed by atoms with E-state index >= 15 is 0 Å². The highest BCUT2D eigenvalue weighted by molar-refractivity contribution is 5.83. The molecule has 0 spiro atoms. The predicted molar refractivity (Wildman–Crippen MR) is 145 cm³/mol. The minimum atomic E-state index is -0.378. The number of hydrogen-bond acceptors (Lipinski definition) is 9. The maximum Gasteiger partial charge on any atom is 0.253 e. The summed E-state index contributed by atoms with van der Waals surface area (Å²) in [6, 6.07) is 13.7. The summed E-state index contributed by atoms with van der Waals surface area (Å²) in [5.41, 5.74) is 2.35. The lowest BCUT2D eigenvalue weighted by Gasteiger charge is -2.39. The van der Waals surface area contributed by atoms with Crippen molar-refractivity contribution in [2.45, 2.75) is 37.8 Å². The molecule has 4 heterocycles. The van der Waals surface area contributed by atoms with E-state index in [0.29, 0.717) is 22.6 Å². The van der Waals surface area contributed by atoms with Crippen molar-refractivity contribution < 1.29 is 14.2 Å². The summed E-state index contributed by atoms with van der Waals surface area (Å²) in [4.78, 5) is 21.4. The molecule has 1 N–H and O–H groups in total. The molecular formula is C28H31N7O4. The van der Waals surface area contributed by atoms with E-state index in [1.807, 2.05) is 35.0 Å². The fraction of sp³-hybridized carbons (Fsp3) is 0.429. The van der Waals surface area contributed by atoms with Crippen molar-refractivity contribution in [3.63, 3.8) is 0 Å². The van der Waals surface area contributed by atoms with Crippen molar-refractivity contribution in [2.75, 3.05) is 45.0 Å². The third-order valence-corrected chi connectivity index (χ3v) is 8.21. The van der Waals surface area contributed by atoms with Gasteiger partial charge in [0.1, 0.15) is 11.8 Å². The number of H-pyrrole nitrogens is 1. The second-order valence-electron chi connectivity index (χ2n) is 10.4. The molecule has 2 aromatic carbocycles. The van der Waals surface area contributed by atoms with Crippen molar-refractivity contribution in [3.8, 4) is 17.2 Å². The Morgan fingerprint density at radius 3 is 2.49 bits per heavy atom. The fourth-order valence-electron chi connectivity index (χ4n) is 6.14. The monoisotopic (exact) mass is 529 g/mol. The van der Waals surface area contributed by atoms with Crippen LogP contribution in [0.5, 0.6) is 17.2 Å². The zero-order valence-corrected chi connectivity index (χ0v) is 21.9. The Bertz CT molecular complexity index is 1540. The van der Waals surface area contributed by atoms with E-state index in [2.05, 4.69) is 42.4 Å². The van der Waals surface area contributed by atoms with Crippen LogP contribution < -0.4 is 24.7 Å². The average molecular weight is 530 g/mol. The number of pyridine rings is 1. The number of nitrogens with zero attached hydrogens (tertiary/aromatic N) is 6. The summed E-state index contributed by atoms with van der Waals surface area (Å²) < 4.78 is 18.4. The van der Waals surface area contributed by atoms with Gasteiger partial charge in [-0.25, -0.2) is 4.68 Å². The summed E-state index contributed by atoms with van der Waals surface area (Å²) >= 11 is 0. The van der Waals surface area contributed by atoms with E-state index in [1.165, 1.54) is 12.8 Å². The second-order valence-corrected chi connectivity index (χ2v) is 10.4. The molecule has 11 nitrogen and oxygen atoms in total. The molecule has 2 aromatic heterocycles. The number of fused-ring (bicyclic) bond motifs is 2. The number of tetrazole rings is 1. The standard InChI is InChI=1S/C28H31N7O4/c1-37-21-8-6-19(7-9-21)33-10-12-34(13-11-33)26(27-30-31-32-35(27)20-4-2-3-5-20)22-14-18-15-24-25(39-17-38-24)16-23(18)29-28(22)36/h6-9,14-16,20,26H,2-5,10-13,17H2,1H3,(H,29,36)/t26-/m0/s1. The SMILES string of the molecule is COc1ccc(N2CCN([C@@H](c3cc4cc5c(cc4[nH]c3=O)OCO5)c3nnnn3C3CCCC3)CC2)cc1. The Morgan fingerprint density at radius 1 is 1.00 bits per heavy atom. The summed E-state index contributed by atoms with van der Waals surface area (Å²) in [6.07, 6.45) is 4.43. The lowest BCUT2D eigenvalue weighted by Crippen LogP contribution is -2.49. The molecule has 2 aliphatic heterocycles. The van der Waals surface area contributed by atoms with Crippen LogP contribution in [0.15, 0.2) is 47.3 Å². The molecule has 1 saturated heterocycles. The van der Waals surface area contributed by atoms with Gasteiger partial charge in [0.05, 0.1) is 18.7 Å². The minimum absolute atomic E-state index is 0.148. The predicted octanol–water partition coefficient (Wildman–Crippen LogP) is 3.28. The highest BCUT2D eigenvalue weighted by atomic mass is 16.7. The van der Waals surface area contributed by atoms with Gasteiger partial charge in [-0.15, -0.1) is 5.10 Å². The summed E-state index contributed by atoms with van der Waals surface area (Å²) in [6.45, 7) is 3.33. The Labute approximate surface area is 225 Å². The summed E-state index contributed by atoms with van der Waals surface area (Å²) in [5.74, 6) is 2.89. The molecule has 202 valence electrons. The maximum atomic E-state index is 13.6. The highest BCUT2D eigenvalue weighted by Gasteiger charge is 2.35. The molecule has 3 aliphatic rings. The first-order valence-corrected chi connectivity index (χ1v) is 13.6. The van der Waals surface area contributed by atoms with E-state index in [0.717, 1.165) is 61.7 Å². The Morgan fingerprint density at radius 2 is 1.74 bits per heavy atom. The van der Waals surface area contributed by atoms with E-state index in [9.17, 15) is 4.79 Å². The summed E-state index contributed by atoms with van der Waals surface area (Å²) in [5, 5.41) is 13.9. The van der Waals surface area contributed by atoms with Crippen molar-refractivity contribution >= 4 is 16.6 Å². The topological polar surface area (TPSA) is 111 Å². The number of ether oxygens (including phenoxy) is 3. The fourth-order valence-corrected chi connectivity index (χ4v) is 6.14. The van der Waals surface area contributed by atoms with Gasteiger partial charge >= 0.3 is 0 Å². The van der Waals surface area contributed by atoms with Crippen LogP contribution in [0.2, 0.25) is 0 Å². The van der Waals surface area contributed by atoms with Crippen LogP contribution in [-0.4, -0.2) is 70.2 Å². The van der Waals surface area contributed by atoms with Gasteiger partial charge < -0.3 is 24.1 Å². The van der Waals surface area contributed by atoms with E-state index in [4.69, 9.17) is 14.2 Å². The molecule has 0 unspecified atom stereocenters. The number of nitrogens with one attached hydrogen (secondary N) is 1. The first-order valence-electron chi connectivity index (χ1n) is 13.6. The van der Waals surface area contributed by atoms with Crippen LogP contribution in [-0.2, 0) is 0 Å². The Hall–Kier alpha value is -4.12. The van der Waals surface area contributed by atoms with Crippen molar-refractivity contribution in [1.82, 2.24) is 30.1 Å². The van der Waals surface area contributed by atoms with Crippen molar-refractivity contribution in [1.29, 1.82) is 0 Å². The van der Waals surface area contributed by atoms with Crippen LogP contribution in [0, 0.1) is 0 Å². The van der Waals surface area contributed by atoms with Gasteiger partial charge in [-0.2, -0.15) is 0 Å². The van der Waals surface area contributed by atoms with Crippen LogP contribution >= 0.6 is 0 Å². The molecule has 7 rings (SSSR count). The number of hydrogen-bond donors (Lipinski definition) is 1. The number of methoxy groups -OCH3 is 1. The molecule has 4 aromatic rings. The smallest absolute Gasteiger partial charge is 0.253 e. The maximum absolute atomic E-state index is 13.6. The molecule has 0 radical (unpaired) electrons. The zero-order chi connectivity index (χ0) is 26.3. The first kappa shape index (κ1) is 24.0. The number of anilines is 1. The molecule has 11 heteroatoms. The van der Waals surface area contributed by atoms with Crippen LogP contribution in [0.4, 0.5) is 5.69 Å². The molecule has 39 heavy (non-hydrogen) atoms. The van der Waals surface area contributed by atoms with Gasteiger partial charge in [0.25, 0.3) is 5.56 Å². The number of rotatable bonds is 6. The highest BCUT2D eigenvalue weighted by Crippen LogP contribution is 2.38. The Kier molecular flexibility index (Phi) is 6.07. The molecule has 0 amide bonds. The molecule has 1 aliphatic carbocycles. The van der Waals surface area contributed by atoms with Crippen LogP contribution in [0.1, 0.15) is 49.2 Å². The molecular weight excluding hydrogens is 498 g/mol. The van der Waals surface area contributed by atoms with Gasteiger partial charge in [-0.1, -0.05) is 12.8 Å². The van der Waals surface area contributed by atoms with Crippen molar-refractivity contribution in [3.05, 3.63) is 64.2 Å². The minimum Gasteiger partial charge on any atom is -0.497 e. The van der Waals surface area contributed by atoms with Gasteiger partial charge in [-0.05, 0) is 59.7 Å². The summed E-state index contributed by atoms with van der Waals surface area (Å²) in [7, 11) is 1.68. The quantitative estimate of drug-likeness (QED) is 0.402. The van der Waals surface area contributed by atoms with Crippen LogP contribution in [0.25, 0.3) is 10.9 Å². The normalized spacial score (nSPS) is 18.6.